The molecule has 0 saturated carbocycles. The molecule has 19 heavy (non-hydrogen) atoms. The number of nitriles is 1. The quantitative estimate of drug-likeness (QED) is 0.754. The highest BCUT2D eigenvalue weighted by atomic mass is 16.1. The lowest BCUT2D eigenvalue weighted by Gasteiger charge is -2.03. The molecule has 0 saturated heterocycles. The molecule has 1 amide bonds. The summed E-state index contributed by atoms with van der Waals surface area (Å²) >= 11 is 0. The number of rotatable bonds is 5. The van der Waals surface area contributed by atoms with Crippen molar-refractivity contribution in [2.24, 2.45) is 0 Å². The Kier molecular flexibility index (Phi) is 4.18. The van der Waals surface area contributed by atoms with Gasteiger partial charge in [-0.25, -0.2) is 9.97 Å². The second-order valence-corrected chi connectivity index (χ2v) is 3.84. The lowest BCUT2D eigenvalue weighted by molar-refractivity contribution is 0.0948. The maximum atomic E-state index is 11.7. The predicted octanol–water partition coefficient (Wildman–Crippen LogP) is 0.434. The van der Waals surface area contributed by atoms with Crippen LogP contribution in [0.5, 0.6) is 0 Å². The fraction of sp³-hybridized carbons (Fsp3) is 0.250. The number of hydrogen-bond donors (Lipinski definition) is 2. The molecule has 0 unspecified atom stereocenters. The normalized spacial score (nSPS) is 9.84. The number of carbonyl (C=O) groups is 1. The van der Waals surface area contributed by atoms with Gasteiger partial charge in [0.1, 0.15) is 23.9 Å². The first-order valence-corrected chi connectivity index (χ1v) is 5.78. The first-order valence-electron chi connectivity index (χ1n) is 5.78. The van der Waals surface area contributed by atoms with Crippen molar-refractivity contribution in [3.63, 3.8) is 0 Å². The standard InChI is InChI=1S/C12H12N6O/c13-6-9-3-4-10(15-7-9)12(19)14-5-1-2-11-16-8-17-18-11/h3-4,7-8H,1-2,5H2,(H,14,19)(H,16,17,18). The van der Waals surface area contributed by atoms with E-state index in [0.29, 0.717) is 17.8 Å². The van der Waals surface area contributed by atoms with Crippen LogP contribution in [-0.4, -0.2) is 32.6 Å². The van der Waals surface area contributed by atoms with Crippen LogP contribution in [0.15, 0.2) is 24.7 Å². The average Bonchev–Trinajstić information content (AvgIpc) is 2.96. The van der Waals surface area contributed by atoms with Gasteiger partial charge in [0.15, 0.2) is 0 Å². The molecule has 0 aromatic carbocycles. The van der Waals surface area contributed by atoms with E-state index in [1.807, 2.05) is 6.07 Å². The van der Waals surface area contributed by atoms with Gasteiger partial charge in [0, 0.05) is 19.2 Å². The fourth-order valence-electron chi connectivity index (χ4n) is 1.49. The van der Waals surface area contributed by atoms with Crippen LogP contribution < -0.4 is 5.32 Å². The van der Waals surface area contributed by atoms with E-state index in [9.17, 15) is 4.79 Å². The van der Waals surface area contributed by atoms with Gasteiger partial charge in [-0.05, 0) is 18.6 Å². The Morgan fingerprint density at radius 2 is 2.32 bits per heavy atom. The van der Waals surface area contributed by atoms with Crippen molar-refractivity contribution >= 4 is 5.91 Å². The van der Waals surface area contributed by atoms with Crippen LogP contribution in [0.2, 0.25) is 0 Å². The van der Waals surface area contributed by atoms with Crippen molar-refractivity contribution in [3.8, 4) is 6.07 Å². The maximum Gasteiger partial charge on any atom is 0.269 e. The Labute approximate surface area is 109 Å². The molecule has 2 aromatic heterocycles. The molecule has 0 aliphatic heterocycles. The Bertz CT molecular complexity index is 569. The Morgan fingerprint density at radius 1 is 1.42 bits per heavy atom. The summed E-state index contributed by atoms with van der Waals surface area (Å²) in [5.74, 6) is 0.549. The van der Waals surface area contributed by atoms with E-state index in [2.05, 4.69) is 25.5 Å². The lowest BCUT2D eigenvalue weighted by Crippen LogP contribution is -2.25. The molecule has 0 atom stereocenters. The fourth-order valence-corrected chi connectivity index (χ4v) is 1.49. The lowest BCUT2D eigenvalue weighted by atomic mass is 10.2. The predicted molar refractivity (Wildman–Crippen MR) is 66.0 cm³/mol. The molecule has 0 aliphatic carbocycles. The van der Waals surface area contributed by atoms with Gasteiger partial charge in [0.05, 0.1) is 5.56 Å². The number of nitrogens with one attached hydrogen (secondary N) is 2. The summed E-state index contributed by atoms with van der Waals surface area (Å²) in [7, 11) is 0. The Balaban J connectivity index is 1.76. The van der Waals surface area contributed by atoms with Crippen LogP contribution >= 0.6 is 0 Å². The topological polar surface area (TPSA) is 107 Å². The van der Waals surface area contributed by atoms with Gasteiger partial charge in [0.25, 0.3) is 5.91 Å². The smallest absolute Gasteiger partial charge is 0.269 e. The van der Waals surface area contributed by atoms with Gasteiger partial charge >= 0.3 is 0 Å². The van der Waals surface area contributed by atoms with Crippen molar-refractivity contribution in [2.45, 2.75) is 12.8 Å². The van der Waals surface area contributed by atoms with E-state index in [4.69, 9.17) is 5.26 Å². The van der Waals surface area contributed by atoms with E-state index in [1.165, 1.54) is 18.6 Å². The molecule has 0 radical (unpaired) electrons. The summed E-state index contributed by atoms with van der Waals surface area (Å²) in [6.45, 7) is 0.529. The minimum Gasteiger partial charge on any atom is -0.351 e. The zero-order chi connectivity index (χ0) is 13.5. The minimum absolute atomic E-state index is 0.248. The van der Waals surface area contributed by atoms with Crippen LogP contribution in [0.3, 0.4) is 0 Å². The first-order chi connectivity index (χ1) is 9.29. The van der Waals surface area contributed by atoms with Crippen LogP contribution in [0.25, 0.3) is 0 Å². The van der Waals surface area contributed by atoms with Gasteiger partial charge < -0.3 is 5.32 Å². The van der Waals surface area contributed by atoms with Crippen LogP contribution in [-0.2, 0) is 6.42 Å². The number of carbonyl (C=O) groups excluding carboxylic acids is 1. The molecule has 7 heteroatoms. The monoisotopic (exact) mass is 256 g/mol. The van der Waals surface area contributed by atoms with E-state index in [1.54, 1.807) is 6.07 Å². The number of aromatic nitrogens is 4. The average molecular weight is 256 g/mol. The van der Waals surface area contributed by atoms with Crippen LogP contribution in [0.1, 0.15) is 28.3 Å². The van der Waals surface area contributed by atoms with Crippen LogP contribution in [0.4, 0.5) is 0 Å². The number of aromatic amines is 1. The molecule has 7 nitrogen and oxygen atoms in total. The summed E-state index contributed by atoms with van der Waals surface area (Å²) in [5, 5.41) is 17.9. The van der Waals surface area contributed by atoms with Crippen molar-refractivity contribution in [1.82, 2.24) is 25.5 Å². The van der Waals surface area contributed by atoms with Crippen molar-refractivity contribution in [1.29, 1.82) is 5.26 Å². The molecule has 96 valence electrons. The molecule has 2 N–H and O–H groups in total. The second kappa shape index (κ2) is 6.26. The summed E-state index contributed by atoms with van der Waals surface area (Å²) in [4.78, 5) is 19.6. The van der Waals surface area contributed by atoms with Crippen molar-refractivity contribution < 1.29 is 4.79 Å². The highest BCUT2D eigenvalue weighted by Crippen LogP contribution is 1.99. The molecule has 0 spiro atoms. The van der Waals surface area contributed by atoms with Crippen molar-refractivity contribution in [3.05, 3.63) is 41.7 Å². The van der Waals surface area contributed by atoms with E-state index in [-0.39, 0.29) is 5.91 Å². The van der Waals surface area contributed by atoms with E-state index < -0.39 is 0 Å². The summed E-state index contributed by atoms with van der Waals surface area (Å²) in [6.07, 6.45) is 4.32. The molecule has 0 fully saturated rings. The summed E-state index contributed by atoms with van der Waals surface area (Å²) in [6, 6.07) is 5.05. The number of aryl methyl sites for hydroxylation is 1. The zero-order valence-corrected chi connectivity index (χ0v) is 10.1. The molecular weight excluding hydrogens is 244 g/mol. The number of hydrogen-bond acceptors (Lipinski definition) is 5. The summed E-state index contributed by atoms with van der Waals surface area (Å²) < 4.78 is 0. The Morgan fingerprint density at radius 3 is 2.95 bits per heavy atom. The number of nitrogens with zero attached hydrogens (tertiary/aromatic N) is 4. The van der Waals surface area contributed by atoms with Gasteiger partial charge in [-0.2, -0.15) is 10.4 Å². The molecule has 0 bridgehead atoms. The number of pyridine rings is 1. The summed E-state index contributed by atoms with van der Waals surface area (Å²) in [5.41, 5.74) is 0.737. The SMILES string of the molecule is N#Cc1ccc(C(=O)NCCCc2ncn[nH]2)nc1. The van der Waals surface area contributed by atoms with Gasteiger partial charge in [-0.1, -0.05) is 0 Å². The first kappa shape index (κ1) is 12.7. The van der Waals surface area contributed by atoms with E-state index in [0.717, 1.165) is 18.7 Å². The highest BCUT2D eigenvalue weighted by molar-refractivity contribution is 5.92. The molecule has 2 heterocycles. The van der Waals surface area contributed by atoms with Crippen molar-refractivity contribution in [2.75, 3.05) is 6.54 Å². The number of amides is 1. The highest BCUT2D eigenvalue weighted by Gasteiger charge is 2.06. The molecule has 0 aliphatic rings. The third-order valence-electron chi connectivity index (χ3n) is 2.47. The van der Waals surface area contributed by atoms with Gasteiger partial charge in [-0.15, -0.1) is 0 Å². The molecular formula is C12H12N6O. The zero-order valence-electron chi connectivity index (χ0n) is 10.1. The third kappa shape index (κ3) is 3.61. The molecule has 2 rings (SSSR count). The van der Waals surface area contributed by atoms with E-state index >= 15 is 0 Å². The van der Waals surface area contributed by atoms with Gasteiger partial charge in [-0.3, -0.25) is 9.89 Å². The maximum absolute atomic E-state index is 11.7. The van der Waals surface area contributed by atoms with Gasteiger partial charge in [0.2, 0.25) is 0 Å². The minimum atomic E-state index is -0.248. The second-order valence-electron chi connectivity index (χ2n) is 3.84. The van der Waals surface area contributed by atoms with Crippen LogP contribution in [0, 0.1) is 11.3 Å². The largest absolute Gasteiger partial charge is 0.351 e. The third-order valence-corrected chi connectivity index (χ3v) is 2.47. The Hall–Kier alpha value is -2.75. The molecule has 2 aromatic rings. The number of H-pyrrole nitrogens is 1.